The van der Waals surface area contributed by atoms with E-state index in [0.29, 0.717) is 18.7 Å². The monoisotopic (exact) mass is 251 g/mol. The van der Waals surface area contributed by atoms with Gasteiger partial charge < -0.3 is 4.90 Å². The van der Waals surface area contributed by atoms with Crippen LogP contribution in [0.2, 0.25) is 0 Å². The molecule has 1 aromatic carbocycles. The van der Waals surface area contributed by atoms with Crippen molar-refractivity contribution in [2.45, 2.75) is 12.8 Å². The molecule has 0 aromatic heterocycles. The van der Waals surface area contributed by atoms with Gasteiger partial charge in [-0.25, -0.2) is 0 Å². The topological polar surface area (TPSA) is 37.4 Å². The third-order valence-electron chi connectivity index (χ3n) is 3.05. The predicted molar refractivity (Wildman–Crippen MR) is 65.9 cm³/mol. The second-order valence-electron chi connectivity index (χ2n) is 4.26. The van der Waals surface area contributed by atoms with Crippen molar-refractivity contribution in [3.05, 3.63) is 35.9 Å². The third-order valence-corrected chi connectivity index (χ3v) is 3.36. The molecule has 3 nitrogen and oxygen atoms in total. The van der Waals surface area contributed by atoms with Crippen LogP contribution in [0, 0.1) is 5.92 Å². The van der Waals surface area contributed by atoms with Crippen molar-refractivity contribution in [2.24, 2.45) is 5.92 Å². The van der Waals surface area contributed by atoms with Gasteiger partial charge in [-0.15, -0.1) is 0 Å². The summed E-state index contributed by atoms with van der Waals surface area (Å²) in [4.78, 5) is 25.0. The van der Waals surface area contributed by atoms with Gasteiger partial charge in [-0.1, -0.05) is 18.2 Å². The van der Waals surface area contributed by atoms with Crippen LogP contribution in [-0.4, -0.2) is 29.1 Å². The first-order valence-electron chi connectivity index (χ1n) is 5.72. The molecule has 1 aromatic rings. The fraction of sp³-hybridized carbons (Fsp3) is 0.385. The minimum atomic E-state index is -0.337. The van der Waals surface area contributed by atoms with Crippen molar-refractivity contribution < 1.29 is 9.59 Å². The highest BCUT2D eigenvalue weighted by molar-refractivity contribution is 6.64. The molecule has 0 unspecified atom stereocenters. The quantitative estimate of drug-likeness (QED) is 0.757. The summed E-state index contributed by atoms with van der Waals surface area (Å²) in [6, 6.07) is 9.11. The highest BCUT2D eigenvalue weighted by Gasteiger charge is 2.27. The zero-order valence-corrected chi connectivity index (χ0v) is 10.2. The normalized spacial score (nSPS) is 20.1. The Morgan fingerprint density at radius 3 is 2.59 bits per heavy atom. The van der Waals surface area contributed by atoms with Crippen molar-refractivity contribution in [1.29, 1.82) is 0 Å². The van der Waals surface area contributed by atoms with Crippen LogP contribution in [0.3, 0.4) is 0 Å². The van der Waals surface area contributed by atoms with Crippen LogP contribution in [0.4, 0.5) is 0 Å². The molecule has 0 bridgehead atoms. The fourth-order valence-electron chi connectivity index (χ4n) is 2.11. The second-order valence-corrected chi connectivity index (χ2v) is 4.63. The standard InChI is InChI=1S/C13H14ClNO2/c14-12(16)11-7-4-8-15(9-11)13(17)10-5-2-1-3-6-10/h1-3,5-6,11H,4,7-9H2/t11-/m0/s1. The van der Waals surface area contributed by atoms with E-state index in [1.165, 1.54) is 0 Å². The molecule has 2 rings (SSSR count). The molecule has 1 fully saturated rings. The number of nitrogens with zero attached hydrogens (tertiary/aromatic N) is 1. The minimum Gasteiger partial charge on any atom is -0.338 e. The molecule has 1 amide bonds. The number of hydrogen-bond donors (Lipinski definition) is 0. The number of carbonyl (C=O) groups excluding carboxylic acids is 2. The van der Waals surface area contributed by atoms with E-state index in [1.54, 1.807) is 17.0 Å². The lowest BCUT2D eigenvalue weighted by atomic mass is 9.99. The molecule has 1 atom stereocenters. The molecular formula is C13H14ClNO2. The number of halogens is 1. The number of amides is 1. The number of hydrogen-bond acceptors (Lipinski definition) is 2. The molecule has 1 aliphatic heterocycles. The first kappa shape index (κ1) is 12.1. The average Bonchev–Trinajstić information content (AvgIpc) is 2.39. The van der Waals surface area contributed by atoms with Gasteiger partial charge in [0.2, 0.25) is 5.24 Å². The fourth-order valence-corrected chi connectivity index (χ4v) is 2.29. The molecule has 4 heteroatoms. The van der Waals surface area contributed by atoms with Gasteiger partial charge in [0.15, 0.2) is 0 Å². The Balaban J connectivity index is 2.07. The van der Waals surface area contributed by atoms with E-state index in [-0.39, 0.29) is 17.1 Å². The van der Waals surface area contributed by atoms with Crippen LogP contribution >= 0.6 is 11.6 Å². The summed E-state index contributed by atoms with van der Waals surface area (Å²) in [5.41, 5.74) is 0.662. The maximum atomic E-state index is 12.1. The van der Waals surface area contributed by atoms with Gasteiger partial charge in [-0.2, -0.15) is 0 Å². The van der Waals surface area contributed by atoms with Gasteiger partial charge in [0.05, 0.1) is 5.92 Å². The third kappa shape index (κ3) is 2.86. The molecule has 0 saturated carbocycles. The zero-order chi connectivity index (χ0) is 12.3. The number of benzene rings is 1. The lowest BCUT2D eigenvalue weighted by Gasteiger charge is -2.31. The van der Waals surface area contributed by atoms with Gasteiger partial charge in [0.25, 0.3) is 5.91 Å². The van der Waals surface area contributed by atoms with Crippen molar-refractivity contribution in [1.82, 2.24) is 4.90 Å². The molecule has 0 spiro atoms. The maximum absolute atomic E-state index is 12.1. The van der Waals surface area contributed by atoms with Gasteiger partial charge in [0, 0.05) is 18.7 Å². The molecule has 1 aliphatic rings. The number of carbonyl (C=O) groups is 2. The van der Waals surface area contributed by atoms with Crippen molar-refractivity contribution in [3.8, 4) is 0 Å². The Labute approximate surface area is 105 Å². The Bertz CT molecular complexity index is 419. The summed E-state index contributed by atoms with van der Waals surface area (Å²) in [6.07, 6.45) is 1.61. The van der Waals surface area contributed by atoms with Gasteiger partial charge in [0.1, 0.15) is 0 Å². The van der Waals surface area contributed by atoms with Crippen LogP contribution in [0.1, 0.15) is 23.2 Å². The van der Waals surface area contributed by atoms with E-state index in [9.17, 15) is 9.59 Å². The molecule has 17 heavy (non-hydrogen) atoms. The SMILES string of the molecule is O=C(Cl)[C@H]1CCCN(C(=O)c2ccccc2)C1. The Morgan fingerprint density at radius 2 is 1.94 bits per heavy atom. The van der Waals surface area contributed by atoms with E-state index in [1.807, 2.05) is 18.2 Å². The number of piperidine rings is 1. The lowest BCUT2D eigenvalue weighted by Crippen LogP contribution is -2.41. The van der Waals surface area contributed by atoms with E-state index in [4.69, 9.17) is 11.6 Å². The molecule has 0 aliphatic carbocycles. The summed E-state index contributed by atoms with van der Waals surface area (Å²) in [5, 5.41) is -0.337. The smallest absolute Gasteiger partial charge is 0.253 e. The lowest BCUT2D eigenvalue weighted by molar-refractivity contribution is -0.116. The molecular weight excluding hydrogens is 238 g/mol. The zero-order valence-electron chi connectivity index (χ0n) is 9.43. The molecule has 1 saturated heterocycles. The van der Waals surface area contributed by atoms with Gasteiger partial charge >= 0.3 is 0 Å². The summed E-state index contributed by atoms with van der Waals surface area (Å²) < 4.78 is 0. The maximum Gasteiger partial charge on any atom is 0.253 e. The van der Waals surface area contributed by atoms with Crippen LogP contribution in [0.5, 0.6) is 0 Å². The molecule has 1 heterocycles. The van der Waals surface area contributed by atoms with E-state index >= 15 is 0 Å². The highest BCUT2D eigenvalue weighted by atomic mass is 35.5. The van der Waals surface area contributed by atoms with Crippen molar-refractivity contribution in [2.75, 3.05) is 13.1 Å². The Morgan fingerprint density at radius 1 is 1.24 bits per heavy atom. The average molecular weight is 252 g/mol. The Kier molecular flexibility index (Phi) is 3.79. The van der Waals surface area contributed by atoms with Crippen molar-refractivity contribution >= 4 is 22.8 Å². The first-order chi connectivity index (χ1) is 8.18. The number of likely N-dealkylation sites (tertiary alicyclic amines) is 1. The van der Waals surface area contributed by atoms with Crippen LogP contribution in [-0.2, 0) is 4.79 Å². The van der Waals surface area contributed by atoms with Crippen LogP contribution in [0.15, 0.2) is 30.3 Å². The van der Waals surface area contributed by atoms with Crippen LogP contribution < -0.4 is 0 Å². The highest BCUT2D eigenvalue weighted by Crippen LogP contribution is 2.20. The molecule has 90 valence electrons. The second kappa shape index (κ2) is 5.32. The minimum absolute atomic E-state index is 0.0202. The van der Waals surface area contributed by atoms with Gasteiger partial charge in [-0.05, 0) is 36.6 Å². The molecule has 0 radical (unpaired) electrons. The van der Waals surface area contributed by atoms with Gasteiger partial charge in [-0.3, -0.25) is 9.59 Å². The number of rotatable bonds is 2. The summed E-state index contributed by atoms with van der Waals surface area (Å²) >= 11 is 5.50. The van der Waals surface area contributed by atoms with Crippen LogP contribution in [0.25, 0.3) is 0 Å². The van der Waals surface area contributed by atoms with Crippen molar-refractivity contribution in [3.63, 3.8) is 0 Å². The summed E-state index contributed by atoms with van der Waals surface area (Å²) in [6.45, 7) is 1.14. The van der Waals surface area contributed by atoms with E-state index in [0.717, 1.165) is 12.8 Å². The van der Waals surface area contributed by atoms with E-state index in [2.05, 4.69) is 0 Å². The van der Waals surface area contributed by atoms with E-state index < -0.39 is 0 Å². The first-order valence-corrected chi connectivity index (χ1v) is 6.10. The summed E-state index contributed by atoms with van der Waals surface area (Å²) in [5.74, 6) is -0.230. The summed E-state index contributed by atoms with van der Waals surface area (Å²) in [7, 11) is 0. The molecule has 0 N–H and O–H groups in total. The Hall–Kier alpha value is -1.35. The largest absolute Gasteiger partial charge is 0.338 e. The predicted octanol–water partition coefficient (Wildman–Crippen LogP) is 2.30.